The van der Waals surface area contributed by atoms with Crippen molar-refractivity contribution in [2.24, 2.45) is 0 Å². The van der Waals surface area contributed by atoms with Crippen molar-refractivity contribution in [3.05, 3.63) is 66.7 Å². The summed E-state index contributed by atoms with van der Waals surface area (Å²) < 4.78 is 0. The van der Waals surface area contributed by atoms with Crippen LogP contribution in [-0.2, 0) is 0 Å². The van der Waals surface area contributed by atoms with Gasteiger partial charge >= 0.3 is 0 Å². The van der Waals surface area contributed by atoms with Crippen LogP contribution in [0.25, 0.3) is 32.3 Å². The fraction of sp³-hybridized carbons (Fsp3) is 0. The minimum Gasteiger partial charge on any atom is -0.507 e. The summed E-state index contributed by atoms with van der Waals surface area (Å²) in [6.45, 7) is 0. The minimum atomic E-state index is 0.188. The lowest BCUT2D eigenvalue weighted by molar-refractivity contribution is 0.475. The Bertz CT molecular complexity index is 922. The summed E-state index contributed by atoms with van der Waals surface area (Å²) in [5.41, 5.74) is 0. The molecule has 0 saturated heterocycles. The maximum absolute atomic E-state index is 9.52. The lowest BCUT2D eigenvalue weighted by atomic mass is 10.00. The van der Waals surface area contributed by atoms with Gasteiger partial charge < -0.3 is 5.11 Å². The van der Waals surface area contributed by atoms with Crippen LogP contribution in [0.4, 0.5) is 0 Å². The highest BCUT2D eigenvalue weighted by atomic mass is 16.3. The van der Waals surface area contributed by atoms with E-state index < -0.39 is 0 Å². The zero-order chi connectivity index (χ0) is 12.8. The molecule has 1 radical (unpaired) electrons. The Hall–Kier alpha value is -2.54. The number of fused-ring (bicyclic) bond motifs is 3. The highest BCUT2D eigenvalue weighted by Gasteiger charge is 2.01. The maximum atomic E-state index is 9.52. The van der Waals surface area contributed by atoms with Crippen LogP contribution in [-0.4, -0.2) is 5.11 Å². The first-order chi connectivity index (χ1) is 9.29. The Kier molecular flexibility index (Phi) is 2.04. The van der Waals surface area contributed by atoms with Gasteiger partial charge in [0.05, 0.1) is 0 Å². The van der Waals surface area contributed by atoms with Gasteiger partial charge in [-0.15, -0.1) is 0 Å². The van der Waals surface area contributed by atoms with Gasteiger partial charge in [-0.3, -0.25) is 0 Å². The van der Waals surface area contributed by atoms with Crippen molar-refractivity contribution in [1.29, 1.82) is 0 Å². The lowest BCUT2D eigenvalue weighted by Gasteiger charge is -2.05. The van der Waals surface area contributed by atoms with Crippen LogP contribution < -0.4 is 0 Å². The number of hydrogen-bond acceptors (Lipinski definition) is 1. The molecule has 1 N–H and O–H groups in total. The Morgan fingerprint density at radius 3 is 2.00 bits per heavy atom. The molecule has 1 nitrogen and oxygen atoms in total. The fourth-order valence-corrected chi connectivity index (χ4v) is 2.60. The Labute approximate surface area is 110 Å². The van der Waals surface area contributed by atoms with Gasteiger partial charge in [0.1, 0.15) is 5.75 Å². The second kappa shape index (κ2) is 3.72. The van der Waals surface area contributed by atoms with Gasteiger partial charge in [0.2, 0.25) is 0 Å². The molecule has 0 bridgehead atoms. The third kappa shape index (κ3) is 1.63. The summed E-state index contributed by atoms with van der Waals surface area (Å²) >= 11 is 0. The van der Waals surface area contributed by atoms with Gasteiger partial charge in [-0.2, -0.15) is 0 Å². The average Bonchev–Trinajstić information content (AvgIpc) is 2.43. The van der Waals surface area contributed by atoms with Crippen LogP contribution in [0, 0.1) is 6.07 Å². The minimum absolute atomic E-state index is 0.188. The molecule has 89 valence electrons. The van der Waals surface area contributed by atoms with Gasteiger partial charge in [-0.1, -0.05) is 30.3 Å². The molecule has 0 spiro atoms. The zero-order valence-electron chi connectivity index (χ0n) is 10.2. The van der Waals surface area contributed by atoms with Gasteiger partial charge in [0.25, 0.3) is 0 Å². The highest BCUT2D eigenvalue weighted by molar-refractivity contribution is 6.04. The number of benzene rings is 4. The van der Waals surface area contributed by atoms with Crippen LogP contribution in [0.2, 0.25) is 0 Å². The number of phenolic OH excluding ortho intramolecular Hbond substituents is 1. The van der Waals surface area contributed by atoms with Crippen LogP contribution in [0.3, 0.4) is 0 Å². The Morgan fingerprint density at radius 2 is 1.26 bits per heavy atom. The molecule has 0 aromatic heterocycles. The Morgan fingerprint density at radius 1 is 0.632 bits per heavy atom. The van der Waals surface area contributed by atoms with E-state index in [0.717, 1.165) is 10.8 Å². The van der Waals surface area contributed by atoms with Gasteiger partial charge in [0.15, 0.2) is 0 Å². The van der Waals surface area contributed by atoms with E-state index in [9.17, 15) is 5.11 Å². The maximum Gasteiger partial charge on any atom is 0.124 e. The summed E-state index contributed by atoms with van der Waals surface area (Å²) in [7, 11) is 0. The molecule has 0 heterocycles. The first kappa shape index (κ1) is 10.4. The van der Waals surface area contributed by atoms with Crippen LogP contribution in [0.1, 0.15) is 0 Å². The largest absolute Gasteiger partial charge is 0.507 e. The molecule has 4 rings (SSSR count). The molecule has 4 aromatic rings. The van der Waals surface area contributed by atoms with E-state index in [0.29, 0.717) is 0 Å². The first-order valence-electron chi connectivity index (χ1n) is 6.27. The fourth-order valence-electron chi connectivity index (χ4n) is 2.60. The molecule has 0 aliphatic rings. The molecule has 0 atom stereocenters. The van der Waals surface area contributed by atoms with Crippen LogP contribution in [0.15, 0.2) is 60.7 Å². The van der Waals surface area contributed by atoms with Crippen molar-refractivity contribution in [3.8, 4) is 5.75 Å². The van der Waals surface area contributed by atoms with Gasteiger partial charge in [0, 0.05) is 6.07 Å². The van der Waals surface area contributed by atoms with E-state index in [1.54, 1.807) is 6.07 Å². The van der Waals surface area contributed by atoms with E-state index in [4.69, 9.17) is 0 Å². The summed E-state index contributed by atoms with van der Waals surface area (Å²) in [6, 6.07) is 23.6. The monoisotopic (exact) mass is 243 g/mol. The van der Waals surface area contributed by atoms with Crippen molar-refractivity contribution < 1.29 is 5.11 Å². The van der Waals surface area contributed by atoms with Crippen molar-refractivity contribution >= 4 is 32.3 Å². The topological polar surface area (TPSA) is 20.2 Å². The molecule has 1 heteroatoms. The first-order valence-corrected chi connectivity index (χ1v) is 6.27. The predicted octanol–water partition coefficient (Wildman–Crippen LogP) is 4.65. The van der Waals surface area contributed by atoms with E-state index in [2.05, 4.69) is 48.5 Å². The van der Waals surface area contributed by atoms with E-state index >= 15 is 0 Å². The van der Waals surface area contributed by atoms with Crippen molar-refractivity contribution in [2.45, 2.75) is 0 Å². The lowest BCUT2D eigenvalue weighted by Crippen LogP contribution is -1.79. The molecule has 0 unspecified atom stereocenters. The normalized spacial score (nSPS) is 11.4. The molecule has 0 aliphatic carbocycles. The van der Waals surface area contributed by atoms with Crippen molar-refractivity contribution in [2.75, 3.05) is 0 Å². The predicted molar refractivity (Wildman–Crippen MR) is 79.5 cm³/mol. The second-order valence-electron chi connectivity index (χ2n) is 4.83. The average molecular weight is 243 g/mol. The van der Waals surface area contributed by atoms with E-state index in [1.165, 1.54) is 21.5 Å². The quantitative estimate of drug-likeness (QED) is 0.446. The third-order valence-electron chi connectivity index (χ3n) is 3.56. The molecule has 0 saturated carbocycles. The number of hydrogen-bond donors (Lipinski definition) is 1. The van der Waals surface area contributed by atoms with Crippen LogP contribution in [0.5, 0.6) is 5.75 Å². The molecular formula is C18H11O. The third-order valence-corrected chi connectivity index (χ3v) is 3.56. The number of phenols is 1. The Balaban J connectivity index is 2.16. The summed E-state index contributed by atoms with van der Waals surface area (Å²) in [6.07, 6.45) is 0. The van der Waals surface area contributed by atoms with E-state index in [-0.39, 0.29) is 5.75 Å². The summed E-state index contributed by atoms with van der Waals surface area (Å²) in [4.78, 5) is 0. The number of aromatic hydroxyl groups is 1. The molecule has 0 fully saturated rings. The molecule has 0 amide bonds. The van der Waals surface area contributed by atoms with Gasteiger partial charge in [-0.05, 0) is 62.6 Å². The van der Waals surface area contributed by atoms with Crippen molar-refractivity contribution in [3.63, 3.8) is 0 Å². The van der Waals surface area contributed by atoms with Gasteiger partial charge in [-0.25, -0.2) is 0 Å². The molecule has 19 heavy (non-hydrogen) atoms. The zero-order valence-corrected chi connectivity index (χ0v) is 10.2. The van der Waals surface area contributed by atoms with E-state index in [1.807, 2.05) is 12.1 Å². The second-order valence-corrected chi connectivity index (χ2v) is 4.83. The SMILES string of the molecule is Oc1[c]c2cc3cc4ccccc4cc3cc2cc1. The molecular weight excluding hydrogens is 232 g/mol. The summed E-state index contributed by atoms with van der Waals surface area (Å²) in [5, 5.41) is 16.4. The molecule has 4 aromatic carbocycles. The molecule has 0 aliphatic heterocycles. The van der Waals surface area contributed by atoms with Crippen molar-refractivity contribution in [1.82, 2.24) is 0 Å². The number of rotatable bonds is 0. The highest BCUT2D eigenvalue weighted by Crippen LogP contribution is 2.28. The van der Waals surface area contributed by atoms with Crippen LogP contribution >= 0.6 is 0 Å². The summed E-state index contributed by atoms with van der Waals surface area (Å²) in [5.74, 6) is 0.188. The smallest absolute Gasteiger partial charge is 0.124 e. The standard InChI is InChI=1S/C18H11O/c19-18-6-5-14-9-15-7-12-3-1-2-4-13(12)8-16(15)10-17(14)11-18/h1-10,19H.